The van der Waals surface area contributed by atoms with Gasteiger partial charge in [-0.25, -0.2) is 9.97 Å². The lowest BCUT2D eigenvalue weighted by Crippen LogP contribution is -2.43. The summed E-state index contributed by atoms with van der Waals surface area (Å²) in [7, 11) is 1.58. The Bertz CT molecular complexity index is 986. The van der Waals surface area contributed by atoms with E-state index >= 15 is 0 Å². The second-order valence-corrected chi connectivity index (χ2v) is 6.83. The Kier molecular flexibility index (Phi) is 5.74. The number of hydrogen-bond donors (Lipinski definition) is 0. The van der Waals surface area contributed by atoms with Gasteiger partial charge in [-0.15, -0.1) is 0 Å². The summed E-state index contributed by atoms with van der Waals surface area (Å²) in [5.74, 6) is 1.66. The molecule has 0 unspecified atom stereocenters. The number of amides is 1. The second-order valence-electron chi connectivity index (χ2n) is 6.83. The predicted molar refractivity (Wildman–Crippen MR) is 108 cm³/mol. The van der Waals surface area contributed by atoms with Crippen molar-refractivity contribution in [2.45, 2.75) is 18.9 Å². The van der Waals surface area contributed by atoms with Gasteiger partial charge in [0.15, 0.2) is 18.1 Å². The summed E-state index contributed by atoms with van der Waals surface area (Å²) >= 11 is 0. The molecule has 1 aromatic heterocycles. The molecule has 1 amide bonds. The van der Waals surface area contributed by atoms with E-state index in [-0.39, 0.29) is 18.6 Å². The molecule has 1 aliphatic rings. The lowest BCUT2D eigenvalue weighted by Gasteiger charge is -2.31. The van der Waals surface area contributed by atoms with Gasteiger partial charge in [0.1, 0.15) is 6.10 Å². The molecule has 1 fully saturated rings. The van der Waals surface area contributed by atoms with E-state index in [1.807, 2.05) is 36.4 Å². The minimum atomic E-state index is -0.0418. The van der Waals surface area contributed by atoms with Crippen molar-refractivity contribution in [3.8, 4) is 17.4 Å². The highest BCUT2D eigenvalue weighted by Crippen LogP contribution is 2.26. The van der Waals surface area contributed by atoms with Crippen LogP contribution in [-0.2, 0) is 4.79 Å². The maximum absolute atomic E-state index is 12.5. The fraction of sp³-hybridized carbons (Fsp3) is 0.318. The molecule has 0 bridgehead atoms. The van der Waals surface area contributed by atoms with Crippen molar-refractivity contribution in [1.82, 2.24) is 14.9 Å². The third-order valence-electron chi connectivity index (χ3n) is 4.93. The topological polar surface area (TPSA) is 73.8 Å². The molecule has 1 saturated heterocycles. The first kappa shape index (κ1) is 19.0. The maximum atomic E-state index is 12.5. The van der Waals surface area contributed by atoms with Gasteiger partial charge in [0.25, 0.3) is 5.91 Å². The van der Waals surface area contributed by atoms with Crippen molar-refractivity contribution in [2.24, 2.45) is 0 Å². The highest BCUT2D eigenvalue weighted by atomic mass is 16.5. The van der Waals surface area contributed by atoms with Crippen molar-refractivity contribution in [3.05, 3.63) is 54.7 Å². The maximum Gasteiger partial charge on any atom is 0.260 e. The highest BCUT2D eigenvalue weighted by molar-refractivity contribution is 5.78. The molecule has 7 heteroatoms. The molecule has 150 valence electrons. The molecule has 7 nitrogen and oxygen atoms in total. The van der Waals surface area contributed by atoms with E-state index in [0.717, 1.165) is 23.9 Å². The number of rotatable bonds is 6. The van der Waals surface area contributed by atoms with E-state index in [1.54, 1.807) is 30.3 Å². The predicted octanol–water partition coefficient (Wildman–Crippen LogP) is 3.09. The number of carbonyl (C=O) groups excluding carboxylic acids is 1. The van der Waals surface area contributed by atoms with Gasteiger partial charge in [0, 0.05) is 25.9 Å². The van der Waals surface area contributed by atoms with Gasteiger partial charge in [-0.1, -0.05) is 24.3 Å². The normalized spacial score (nSPS) is 14.6. The molecule has 2 aromatic carbocycles. The number of benzene rings is 2. The van der Waals surface area contributed by atoms with Crippen LogP contribution < -0.4 is 14.2 Å². The molecule has 3 aromatic rings. The van der Waals surface area contributed by atoms with E-state index < -0.39 is 0 Å². The van der Waals surface area contributed by atoms with Gasteiger partial charge >= 0.3 is 0 Å². The van der Waals surface area contributed by atoms with Crippen molar-refractivity contribution < 1.29 is 19.0 Å². The molecule has 0 aliphatic carbocycles. The Morgan fingerprint density at radius 2 is 1.72 bits per heavy atom. The standard InChI is InChI=1S/C22H23N3O4/c1-27-19-8-4-5-9-20(19)28-15-22(26)25-12-10-16(11-13-25)29-21-14-23-17-6-2-3-7-18(17)24-21/h2-9,14,16H,10-13,15H2,1H3. The minimum Gasteiger partial charge on any atom is -0.493 e. The summed E-state index contributed by atoms with van der Waals surface area (Å²) in [6.07, 6.45) is 3.16. The van der Waals surface area contributed by atoms with Gasteiger partial charge in [-0.05, 0) is 24.3 Å². The van der Waals surface area contributed by atoms with E-state index in [0.29, 0.717) is 30.5 Å². The van der Waals surface area contributed by atoms with Crippen LogP contribution in [-0.4, -0.2) is 53.7 Å². The van der Waals surface area contributed by atoms with E-state index in [1.165, 1.54) is 0 Å². The number of methoxy groups -OCH3 is 1. The number of fused-ring (bicyclic) bond motifs is 1. The molecular weight excluding hydrogens is 370 g/mol. The number of nitrogens with zero attached hydrogens (tertiary/aromatic N) is 3. The Labute approximate surface area is 169 Å². The van der Waals surface area contributed by atoms with Crippen LogP contribution in [0.5, 0.6) is 17.4 Å². The molecule has 1 aliphatic heterocycles. The summed E-state index contributed by atoms with van der Waals surface area (Å²) in [6.45, 7) is 1.24. The van der Waals surface area contributed by atoms with Crippen molar-refractivity contribution >= 4 is 16.9 Å². The summed E-state index contributed by atoms with van der Waals surface area (Å²) in [6, 6.07) is 15.0. The summed E-state index contributed by atoms with van der Waals surface area (Å²) in [5, 5.41) is 0. The van der Waals surface area contributed by atoms with Crippen LogP contribution in [0.1, 0.15) is 12.8 Å². The third kappa shape index (κ3) is 4.56. The highest BCUT2D eigenvalue weighted by Gasteiger charge is 2.24. The van der Waals surface area contributed by atoms with Crippen LogP contribution in [0.2, 0.25) is 0 Å². The summed E-state index contributed by atoms with van der Waals surface area (Å²) in [4.78, 5) is 23.2. The largest absolute Gasteiger partial charge is 0.493 e. The molecule has 0 radical (unpaired) electrons. The quantitative estimate of drug-likeness (QED) is 0.641. The summed E-state index contributed by atoms with van der Waals surface area (Å²) in [5.41, 5.74) is 1.65. The molecule has 0 N–H and O–H groups in total. The monoisotopic (exact) mass is 393 g/mol. The third-order valence-corrected chi connectivity index (χ3v) is 4.93. The zero-order valence-corrected chi connectivity index (χ0v) is 16.3. The van der Waals surface area contributed by atoms with Gasteiger partial charge in [-0.3, -0.25) is 4.79 Å². The SMILES string of the molecule is COc1ccccc1OCC(=O)N1CCC(Oc2cnc3ccccc3n2)CC1. The second kappa shape index (κ2) is 8.77. The number of ether oxygens (including phenoxy) is 3. The van der Waals surface area contributed by atoms with Crippen LogP contribution in [0.4, 0.5) is 0 Å². The number of hydrogen-bond acceptors (Lipinski definition) is 6. The number of carbonyl (C=O) groups is 1. The Hall–Kier alpha value is -3.35. The first-order valence-corrected chi connectivity index (χ1v) is 9.65. The number of para-hydroxylation sites is 4. The van der Waals surface area contributed by atoms with Crippen LogP contribution in [0.15, 0.2) is 54.7 Å². The minimum absolute atomic E-state index is 0.0119. The molecule has 29 heavy (non-hydrogen) atoms. The van der Waals surface area contributed by atoms with Crippen LogP contribution in [0.3, 0.4) is 0 Å². The Balaban J connectivity index is 1.27. The molecule has 0 spiro atoms. The van der Waals surface area contributed by atoms with Gasteiger partial charge in [-0.2, -0.15) is 0 Å². The smallest absolute Gasteiger partial charge is 0.260 e. The molecule has 0 saturated carbocycles. The number of aromatic nitrogens is 2. The lowest BCUT2D eigenvalue weighted by molar-refractivity contribution is -0.135. The van der Waals surface area contributed by atoms with Crippen molar-refractivity contribution in [3.63, 3.8) is 0 Å². The zero-order valence-electron chi connectivity index (χ0n) is 16.3. The number of likely N-dealkylation sites (tertiary alicyclic amines) is 1. The lowest BCUT2D eigenvalue weighted by atomic mass is 10.1. The number of piperidine rings is 1. The van der Waals surface area contributed by atoms with Gasteiger partial charge in [0.05, 0.1) is 24.3 Å². The fourth-order valence-electron chi connectivity index (χ4n) is 3.36. The molecular formula is C22H23N3O4. The average Bonchev–Trinajstić information content (AvgIpc) is 2.78. The van der Waals surface area contributed by atoms with Crippen molar-refractivity contribution in [2.75, 3.05) is 26.8 Å². The first-order chi connectivity index (χ1) is 14.2. The van der Waals surface area contributed by atoms with E-state index in [9.17, 15) is 4.79 Å². The van der Waals surface area contributed by atoms with Crippen LogP contribution >= 0.6 is 0 Å². The van der Waals surface area contributed by atoms with E-state index in [4.69, 9.17) is 14.2 Å². The molecule has 2 heterocycles. The Morgan fingerprint density at radius 1 is 1.03 bits per heavy atom. The molecule has 0 atom stereocenters. The molecule has 4 rings (SSSR count). The van der Waals surface area contributed by atoms with Crippen LogP contribution in [0, 0.1) is 0 Å². The van der Waals surface area contributed by atoms with Crippen molar-refractivity contribution in [1.29, 1.82) is 0 Å². The summed E-state index contributed by atoms with van der Waals surface area (Å²) < 4.78 is 16.9. The fourth-order valence-corrected chi connectivity index (χ4v) is 3.36. The van der Waals surface area contributed by atoms with Gasteiger partial charge in [0.2, 0.25) is 5.88 Å². The Morgan fingerprint density at radius 3 is 2.48 bits per heavy atom. The zero-order chi connectivity index (χ0) is 20.1. The van der Waals surface area contributed by atoms with E-state index in [2.05, 4.69) is 9.97 Å². The first-order valence-electron chi connectivity index (χ1n) is 9.65. The van der Waals surface area contributed by atoms with Gasteiger partial charge < -0.3 is 19.1 Å². The van der Waals surface area contributed by atoms with Crippen LogP contribution in [0.25, 0.3) is 11.0 Å². The average molecular weight is 393 g/mol.